The Balaban J connectivity index is 3.68. The highest BCUT2D eigenvalue weighted by Gasteiger charge is 2.12. The van der Waals surface area contributed by atoms with Crippen LogP contribution in [0.1, 0.15) is 13.3 Å². The van der Waals surface area contributed by atoms with E-state index >= 15 is 0 Å². The Morgan fingerprint density at radius 1 is 1.44 bits per heavy atom. The van der Waals surface area contributed by atoms with E-state index in [1.54, 1.807) is 13.0 Å². The number of carbonyl (C=O) groups excluding carboxylic acids is 1. The van der Waals surface area contributed by atoms with Crippen LogP contribution < -0.4 is 10.6 Å². The molecule has 0 rings (SSSR count). The van der Waals surface area contributed by atoms with Crippen molar-refractivity contribution in [1.29, 1.82) is 5.26 Å². The van der Waals surface area contributed by atoms with Crippen LogP contribution in [-0.2, 0) is 14.8 Å². The quantitative estimate of drug-likeness (QED) is 0.410. The van der Waals surface area contributed by atoms with Gasteiger partial charge in [0.1, 0.15) is 6.54 Å². The normalized spacial score (nSPS) is 11.2. The first-order chi connectivity index (χ1) is 8.41. The molecule has 7 nitrogen and oxygen atoms in total. The standard InChI is InChI=1S/C10H20N4O3S/c1-3-14(18(2,16)17)8-4-6-12-9-10(15)13-7-5-11/h12H,3-4,6-9H2,1-2H3,(H,13,15). The van der Waals surface area contributed by atoms with Crippen molar-refractivity contribution in [3.8, 4) is 6.07 Å². The molecule has 0 bridgehead atoms. The summed E-state index contributed by atoms with van der Waals surface area (Å²) in [5.41, 5.74) is 0. The van der Waals surface area contributed by atoms with Crippen LogP contribution in [0.5, 0.6) is 0 Å². The molecule has 0 atom stereocenters. The molecule has 18 heavy (non-hydrogen) atoms. The zero-order valence-electron chi connectivity index (χ0n) is 10.8. The first-order valence-corrected chi connectivity index (χ1v) is 7.56. The van der Waals surface area contributed by atoms with Gasteiger partial charge >= 0.3 is 0 Å². The maximum Gasteiger partial charge on any atom is 0.234 e. The number of carbonyl (C=O) groups is 1. The number of rotatable bonds is 9. The van der Waals surface area contributed by atoms with E-state index in [-0.39, 0.29) is 19.0 Å². The Bertz CT molecular complexity index is 388. The van der Waals surface area contributed by atoms with Crippen LogP contribution in [0.3, 0.4) is 0 Å². The summed E-state index contributed by atoms with van der Waals surface area (Å²) in [4.78, 5) is 11.1. The maximum atomic E-state index is 11.3. The van der Waals surface area contributed by atoms with Crippen LogP contribution in [0.4, 0.5) is 0 Å². The Labute approximate surface area is 108 Å². The van der Waals surface area contributed by atoms with Crippen LogP contribution >= 0.6 is 0 Å². The molecule has 2 N–H and O–H groups in total. The second kappa shape index (κ2) is 8.85. The number of nitrogens with one attached hydrogen (secondary N) is 2. The number of nitrogens with zero attached hydrogens (tertiary/aromatic N) is 2. The third-order valence-corrected chi connectivity index (χ3v) is 3.61. The number of nitriles is 1. The van der Waals surface area contributed by atoms with Crippen molar-refractivity contribution in [3.63, 3.8) is 0 Å². The first-order valence-electron chi connectivity index (χ1n) is 5.71. The summed E-state index contributed by atoms with van der Waals surface area (Å²) in [6, 6.07) is 1.81. The van der Waals surface area contributed by atoms with Crippen molar-refractivity contribution in [1.82, 2.24) is 14.9 Å². The molecular weight excluding hydrogens is 256 g/mol. The predicted molar refractivity (Wildman–Crippen MR) is 68.2 cm³/mol. The van der Waals surface area contributed by atoms with Gasteiger partial charge in [0, 0.05) is 13.1 Å². The number of sulfonamides is 1. The maximum absolute atomic E-state index is 11.3. The molecule has 104 valence electrons. The highest BCUT2D eigenvalue weighted by molar-refractivity contribution is 7.88. The molecule has 0 spiro atoms. The monoisotopic (exact) mass is 276 g/mol. The van der Waals surface area contributed by atoms with E-state index < -0.39 is 10.0 Å². The van der Waals surface area contributed by atoms with Gasteiger partial charge in [0.15, 0.2) is 0 Å². The predicted octanol–water partition coefficient (Wildman–Crippen LogP) is -1.11. The van der Waals surface area contributed by atoms with Crippen molar-refractivity contribution < 1.29 is 13.2 Å². The highest BCUT2D eigenvalue weighted by atomic mass is 32.2. The third-order valence-electron chi connectivity index (χ3n) is 2.23. The topological polar surface area (TPSA) is 102 Å². The van der Waals surface area contributed by atoms with E-state index in [0.29, 0.717) is 26.1 Å². The van der Waals surface area contributed by atoms with Gasteiger partial charge in [-0.3, -0.25) is 4.79 Å². The summed E-state index contributed by atoms with van der Waals surface area (Å²) < 4.78 is 23.9. The van der Waals surface area contributed by atoms with Gasteiger partial charge in [-0.2, -0.15) is 5.26 Å². The lowest BCUT2D eigenvalue weighted by atomic mass is 10.4. The number of amides is 1. The van der Waals surface area contributed by atoms with Crippen molar-refractivity contribution >= 4 is 15.9 Å². The largest absolute Gasteiger partial charge is 0.342 e. The zero-order chi connectivity index (χ0) is 14.0. The molecular formula is C10H20N4O3S. The lowest BCUT2D eigenvalue weighted by Gasteiger charge is -2.17. The molecule has 0 saturated carbocycles. The molecule has 0 aromatic rings. The summed E-state index contributed by atoms with van der Waals surface area (Å²) >= 11 is 0. The van der Waals surface area contributed by atoms with Crippen molar-refractivity contribution in [3.05, 3.63) is 0 Å². The van der Waals surface area contributed by atoms with E-state index in [1.165, 1.54) is 10.6 Å². The van der Waals surface area contributed by atoms with E-state index in [9.17, 15) is 13.2 Å². The smallest absolute Gasteiger partial charge is 0.234 e. The van der Waals surface area contributed by atoms with Crippen LogP contribution in [0.2, 0.25) is 0 Å². The van der Waals surface area contributed by atoms with Gasteiger partial charge in [-0.25, -0.2) is 12.7 Å². The fraction of sp³-hybridized carbons (Fsp3) is 0.800. The average molecular weight is 276 g/mol. The average Bonchev–Trinajstić information content (AvgIpc) is 2.29. The van der Waals surface area contributed by atoms with Crippen LogP contribution in [0.15, 0.2) is 0 Å². The zero-order valence-corrected chi connectivity index (χ0v) is 11.6. The van der Waals surface area contributed by atoms with Crippen LogP contribution in [-0.4, -0.2) is 57.6 Å². The molecule has 0 aliphatic carbocycles. The van der Waals surface area contributed by atoms with Crippen LogP contribution in [0.25, 0.3) is 0 Å². The Morgan fingerprint density at radius 3 is 2.61 bits per heavy atom. The number of hydrogen-bond donors (Lipinski definition) is 2. The first kappa shape index (κ1) is 16.8. The Kier molecular flexibility index (Phi) is 8.28. The van der Waals surface area contributed by atoms with Gasteiger partial charge in [-0.05, 0) is 13.0 Å². The lowest BCUT2D eigenvalue weighted by molar-refractivity contribution is -0.120. The van der Waals surface area contributed by atoms with E-state index in [0.717, 1.165) is 0 Å². The van der Waals surface area contributed by atoms with Crippen LogP contribution in [0, 0.1) is 11.3 Å². The minimum atomic E-state index is -3.14. The molecule has 0 heterocycles. The summed E-state index contributed by atoms with van der Waals surface area (Å²) in [6.45, 7) is 3.34. The van der Waals surface area contributed by atoms with Crippen molar-refractivity contribution in [2.75, 3.05) is 39.0 Å². The molecule has 8 heteroatoms. The molecule has 0 unspecified atom stereocenters. The molecule has 1 amide bonds. The highest BCUT2D eigenvalue weighted by Crippen LogP contribution is 1.97. The molecule has 0 aromatic heterocycles. The van der Waals surface area contributed by atoms with Gasteiger partial charge in [0.25, 0.3) is 0 Å². The Morgan fingerprint density at radius 2 is 2.11 bits per heavy atom. The van der Waals surface area contributed by atoms with Gasteiger partial charge in [0.05, 0.1) is 18.9 Å². The second-order valence-corrected chi connectivity index (χ2v) is 5.70. The van der Waals surface area contributed by atoms with Gasteiger partial charge in [0.2, 0.25) is 15.9 Å². The van der Waals surface area contributed by atoms with Crippen molar-refractivity contribution in [2.45, 2.75) is 13.3 Å². The molecule has 0 aromatic carbocycles. The summed E-state index contributed by atoms with van der Waals surface area (Å²) in [5, 5.41) is 13.5. The molecule has 0 fully saturated rings. The SMILES string of the molecule is CCN(CCCNCC(=O)NCC#N)S(C)(=O)=O. The van der Waals surface area contributed by atoms with E-state index in [1.807, 2.05) is 0 Å². The fourth-order valence-electron chi connectivity index (χ4n) is 1.34. The molecule has 0 aliphatic rings. The van der Waals surface area contributed by atoms with Crippen molar-refractivity contribution in [2.24, 2.45) is 0 Å². The number of hydrogen-bond acceptors (Lipinski definition) is 5. The lowest BCUT2D eigenvalue weighted by Crippen LogP contribution is -2.36. The van der Waals surface area contributed by atoms with Gasteiger partial charge < -0.3 is 10.6 Å². The Hall–Kier alpha value is -1.17. The van der Waals surface area contributed by atoms with Gasteiger partial charge in [-0.1, -0.05) is 6.92 Å². The minimum absolute atomic E-state index is 0.00178. The summed E-state index contributed by atoms with van der Waals surface area (Å²) in [7, 11) is -3.14. The minimum Gasteiger partial charge on any atom is -0.342 e. The van der Waals surface area contributed by atoms with E-state index in [2.05, 4.69) is 10.6 Å². The summed E-state index contributed by atoms with van der Waals surface area (Å²) in [6.07, 6.45) is 1.81. The second-order valence-electron chi connectivity index (χ2n) is 3.72. The third kappa shape index (κ3) is 8.00. The van der Waals surface area contributed by atoms with Gasteiger partial charge in [-0.15, -0.1) is 0 Å². The van der Waals surface area contributed by atoms with E-state index in [4.69, 9.17) is 5.26 Å². The molecule has 0 aliphatic heterocycles. The fourth-order valence-corrected chi connectivity index (χ4v) is 2.27. The molecule has 0 radical (unpaired) electrons. The molecule has 0 saturated heterocycles. The summed E-state index contributed by atoms with van der Waals surface area (Å²) in [5.74, 6) is -0.244.